The highest BCUT2D eigenvalue weighted by molar-refractivity contribution is 5.96. The predicted molar refractivity (Wildman–Crippen MR) is 93.7 cm³/mol. The number of anilines is 1. The first-order valence-corrected chi connectivity index (χ1v) is 8.49. The number of aryl methyl sites for hydroxylation is 1. The van der Waals surface area contributed by atoms with Crippen molar-refractivity contribution in [3.8, 4) is 11.5 Å². The van der Waals surface area contributed by atoms with Crippen LogP contribution in [0.3, 0.4) is 0 Å². The van der Waals surface area contributed by atoms with Gasteiger partial charge in [-0.15, -0.1) is 0 Å². The molecule has 1 unspecified atom stereocenters. The Hall–Kier alpha value is -3.09. The van der Waals surface area contributed by atoms with Crippen molar-refractivity contribution in [1.82, 2.24) is 9.88 Å². The highest BCUT2D eigenvalue weighted by Crippen LogP contribution is 2.33. The van der Waals surface area contributed by atoms with Crippen LogP contribution < -0.4 is 14.8 Å². The molecule has 0 spiro atoms. The maximum atomic E-state index is 12.5. The van der Waals surface area contributed by atoms with Crippen LogP contribution in [-0.2, 0) is 16.1 Å². The van der Waals surface area contributed by atoms with Gasteiger partial charge < -0.3 is 19.7 Å². The number of ether oxygens (including phenoxy) is 2. The smallest absolute Gasteiger partial charge is 0.231 e. The number of nitrogens with zero attached hydrogens (tertiary/aromatic N) is 2. The zero-order valence-corrected chi connectivity index (χ0v) is 14.4. The standard InChI is InChI=1S/C19H19N3O4/c1-12-3-2-4-17(20-12)21-19(24)14-8-18(23)22(10-14)9-13-5-6-15-16(7-13)26-11-25-15/h2-7,14H,8-11H2,1H3,(H,20,21,24). The molecule has 26 heavy (non-hydrogen) atoms. The molecule has 1 atom stereocenters. The van der Waals surface area contributed by atoms with Gasteiger partial charge in [0.15, 0.2) is 11.5 Å². The van der Waals surface area contributed by atoms with Crippen molar-refractivity contribution in [1.29, 1.82) is 0 Å². The number of fused-ring (bicyclic) bond motifs is 1. The molecular formula is C19H19N3O4. The molecule has 0 saturated carbocycles. The van der Waals surface area contributed by atoms with Gasteiger partial charge in [-0.2, -0.15) is 0 Å². The molecule has 134 valence electrons. The molecular weight excluding hydrogens is 334 g/mol. The van der Waals surface area contributed by atoms with Gasteiger partial charge in [-0.3, -0.25) is 9.59 Å². The molecule has 1 aromatic heterocycles. The van der Waals surface area contributed by atoms with Gasteiger partial charge in [-0.25, -0.2) is 4.98 Å². The zero-order valence-electron chi connectivity index (χ0n) is 14.4. The van der Waals surface area contributed by atoms with Crippen LogP contribution in [0.4, 0.5) is 5.82 Å². The number of hydrogen-bond donors (Lipinski definition) is 1. The lowest BCUT2D eigenvalue weighted by molar-refractivity contribution is -0.128. The van der Waals surface area contributed by atoms with Gasteiger partial charge in [0, 0.05) is 25.2 Å². The summed E-state index contributed by atoms with van der Waals surface area (Å²) in [5, 5.41) is 2.80. The van der Waals surface area contributed by atoms with Gasteiger partial charge in [0.1, 0.15) is 5.82 Å². The monoisotopic (exact) mass is 353 g/mol. The van der Waals surface area contributed by atoms with Crippen LogP contribution in [0.5, 0.6) is 11.5 Å². The van der Waals surface area contributed by atoms with Crippen molar-refractivity contribution in [3.05, 3.63) is 47.7 Å². The van der Waals surface area contributed by atoms with E-state index in [-0.39, 0.29) is 30.9 Å². The lowest BCUT2D eigenvalue weighted by Crippen LogP contribution is -2.28. The molecule has 2 aromatic rings. The Balaban J connectivity index is 1.39. The third-order valence-corrected chi connectivity index (χ3v) is 4.54. The number of carbonyl (C=O) groups is 2. The molecule has 0 aliphatic carbocycles. The summed E-state index contributed by atoms with van der Waals surface area (Å²) in [7, 11) is 0. The number of nitrogens with one attached hydrogen (secondary N) is 1. The van der Waals surface area contributed by atoms with Crippen molar-refractivity contribution >= 4 is 17.6 Å². The maximum absolute atomic E-state index is 12.5. The van der Waals surface area contributed by atoms with Gasteiger partial charge in [0.2, 0.25) is 18.6 Å². The Kier molecular flexibility index (Phi) is 4.20. The van der Waals surface area contributed by atoms with Crippen molar-refractivity contribution in [2.75, 3.05) is 18.7 Å². The number of aromatic nitrogens is 1. The fourth-order valence-electron chi connectivity index (χ4n) is 3.20. The van der Waals surface area contributed by atoms with Crippen molar-refractivity contribution in [2.45, 2.75) is 19.9 Å². The summed E-state index contributed by atoms with van der Waals surface area (Å²) in [5.41, 5.74) is 1.78. The van der Waals surface area contributed by atoms with E-state index in [9.17, 15) is 9.59 Å². The van der Waals surface area contributed by atoms with E-state index < -0.39 is 0 Å². The fraction of sp³-hybridized carbons (Fsp3) is 0.316. The first-order chi connectivity index (χ1) is 12.6. The Morgan fingerprint density at radius 3 is 2.96 bits per heavy atom. The van der Waals surface area contributed by atoms with E-state index in [1.54, 1.807) is 11.0 Å². The second-order valence-corrected chi connectivity index (χ2v) is 6.52. The Labute approximate surface area is 150 Å². The summed E-state index contributed by atoms with van der Waals surface area (Å²) < 4.78 is 10.7. The highest BCUT2D eigenvalue weighted by Gasteiger charge is 2.34. The molecule has 1 N–H and O–H groups in total. The van der Waals surface area contributed by atoms with E-state index in [4.69, 9.17) is 9.47 Å². The first kappa shape index (κ1) is 16.4. The van der Waals surface area contributed by atoms with Gasteiger partial charge in [-0.05, 0) is 36.8 Å². The van der Waals surface area contributed by atoms with Crippen LogP contribution in [-0.4, -0.2) is 35.0 Å². The molecule has 1 aromatic carbocycles. The molecule has 4 rings (SSSR count). The quantitative estimate of drug-likeness (QED) is 0.910. The van der Waals surface area contributed by atoms with E-state index in [1.165, 1.54) is 0 Å². The first-order valence-electron chi connectivity index (χ1n) is 8.49. The topological polar surface area (TPSA) is 80.8 Å². The number of benzene rings is 1. The van der Waals surface area contributed by atoms with Crippen LogP contribution >= 0.6 is 0 Å². The second kappa shape index (κ2) is 6.67. The number of rotatable bonds is 4. The molecule has 3 heterocycles. The van der Waals surface area contributed by atoms with E-state index >= 15 is 0 Å². The molecule has 7 nitrogen and oxygen atoms in total. The molecule has 0 radical (unpaired) electrons. The number of carbonyl (C=O) groups excluding carboxylic acids is 2. The lowest BCUT2D eigenvalue weighted by atomic mass is 10.1. The summed E-state index contributed by atoms with van der Waals surface area (Å²) >= 11 is 0. The van der Waals surface area contributed by atoms with Gasteiger partial charge in [0.25, 0.3) is 0 Å². The lowest BCUT2D eigenvalue weighted by Gasteiger charge is -2.17. The number of pyridine rings is 1. The Bertz CT molecular complexity index is 868. The van der Waals surface area contributed by atoms with Crippen molar-refractivity contribution in [3.63, 3.8) is 0 Å². The Morgan fingerprint density at radius 1 is 1.27 bits per heavy atom. The van der Waals surface area contributed by atoms with E-state index in [1.807, 2.05) is 37.3 Å². The predicted octanol–water partition coefficient (Wildman–Crippen LogP) is 2.11. The minimum atomic E-state index is -0.376. The van der Waals surface area contributed by atoms with E-state index in [0.717, 1.165) is 11.3 Å². The largest absolute Gasteiger partial charge is 0.454 e. The van der Waals surface area contributed by atoms with Crippen LogP contribution in [0.15, 0.2) is 36.4 Å². The third kappa shape index (κ3) is 3.33. The van der Waals surface area contributed by atoms with E-state index in [0.29, 0.717) is 30.4 Å². The normalized spacial score (nSPS) is 18.3. The third-order valence-electron chi connectivity index (χ3n) is 4.54. The van der Waals surface area contributed by atoms with Crippen molar-refractivity contribution < 1.29 is 19.1 Å². The van der Waals surface area contributed by atoms with Crippen LogP contribution in [0.2, 0.25) is 0 Å². The summed E-state index contributed by atoms with van der Waals surface area (Å²) in [6.07, 6.45) is 0.211. The highest BCUT2D eigenvalue weighted by atomic mass is 16.7. The second-order valence-electron chi connectivity index (χ2n) is 6.52. The summed E-state index contributed by atoms with van der Waals surface area (Å²) in [6, 6.07) is 11.1. The molecule has 1 fully saturated rings. The van der Waals surface area contributed by atoms with E-state index in [2.05, 4.69) is 10.3 Å². The fourth-order valence-corrected chi connectivity index (χ4v) is 3.20. The number of hydrogen-bond acceptors (Lipinski definition) is 5. The van der Waals surface area contributed by atoms with Crippen LogP contribution in [0, 0.1) is 12.8 Å². The summed E-state index contributed by atoms with van der Waals surface area (Å²) in [6.45, 7) is 2.92. The summed E-state index contributed by atoms with van der Waals surface area (Å²) in [5.74, 6) is 1.33. The van der Waals surface area contributed by atoms with Gasteiger partial charge in [-0.1, -0.05) is 12.1 Å². The molecule has 2 aliphatic heterocycles. The molecule has 0 bridgehead atoms. The minimum Gasteiger partial charge on any atom is -0.454 e. The van der Waals surface area contributed by atoms with Crippen LogP contribution in [0.1, 0.15) is 17.7 Å². The molecule has 2 aliphatic rings. The average Bonchev–Trinajstić information content (AvgIpc) is 3.21. The zero-order chi connectivity index (χ0) is 18.1. The summed E-state index contributed by atoms with van der Waals surface area (Å²) in [4.78, 5) is 30.7. The average molecular weight is 353 g/mol. The van der Waals surface area contributed by atoms with Gasteiger partial charge >= 0.3 is 0 Å². The molecule has 7 heteroatoms. The number of likely N-dealkylation sites (tertiary alicyclic amines) is 1. The molecule has 1 saturated heterocycles. The maximum Gasteiger partial charge on any atom is 0.231 e. The van der Waals surface area contributed by atoms with Crippen LogP contribution in [0.25, 0.3) is 0 Å². The molecule has 2 amide bonds. The van der Waals surface area contributed by atoms with Crippen molar-refractivity contribution in [2.24, 2.45) is 5.92 Å². The number of amides is 2. The minimum absolute atomic E-state index is 0.0278. The Morgan fingerprint density at radius 2 is 2.12 bits per heavy atom. The SMILES string of the molecule is Cc1cccc(NC(=O)C2CC(=O)N(Cc3ccc4c(c3)OCO4)C2)n1. The van der Waals surface area contributed by atoms with Gasteiger partial charge in [0.05, 0.1) is 5.92 Å².